The molecule has 0 bridgehead atoms. The number of nitrogens with one attached hydrogen (secondary N) is 2. The van der Waals surface area contributed by atoms with Gasteiger partial charge in [0, 0.05) is 5.56 Å². The standard InChI is InChI=1S/C24H23N5O3S/c1-17(20-15-9-10-16-21(20)28-33(2,31)32)25-24(30)22-26-23(18-11-5-3-6-12-18)29(27-22)19-13-7-4-8-14-19/h3-17,28H,1-2H3,(H,25,30). The van der Waals surface area contributed by atoms with Crippen molar-refractivity contribution >= 4 is 21.6 Å². The molecule has 8 nitrogen and oxygen atoms in total. The fourth-order valence-corrected chi connectivity index (χ4v) is 4.02. The number of amides is 1. The summed E-state index contributed by atoms with van der Waals surface area (Å²) in [6, 6.07) is 25.4. The molecule has 1 amide bonds. The van der Waals surface area contributed by atoms with E-state index in [2.05, 4.69) is 20.1 Å². The van der Waals surface area contributed by atoms with Gasteiger partial charge in [0.15, 0.2) is 5.82 Å². The maximum Gasteiger partial charge on any atom is 0.291 e. The number of benzene rings is 3. The van der Waals surface area contributed by atoms with Gasteiger partial charge in [0.25, 0.3) is 5.91 Å². The van der Waals surface area contributed by atoms with E-state index in [-0.39, 0.29) is 5.82 Å². The lowest BCUT2D eigenvalue weighted by Gasteiger charge is -2.17. The summed E-state index contributed by atoms with van der Waals surface area (Å²) in [5, 5.41) is 7.34. The molecule has 3 aromatic carbocycles. The van der Waals surface area contributed by atoms with Crippen molar-refractivity contribution in [3.05, 3.63) is 96.3 Å². The van der Waals surface area contributed by atoms with E-state index >= 15 is 0 Å². The minimum atomic E-state index is -3.47. The Morgan fingerprint density at radius 3 is 2.18 bits per heavy atom. The maximum atomic E-state index is 13.1. The first kappa shape index (κ1) is 22.2. The molecule has 2 N–H and O–H groups in total. The predicted molar refractivity (Wildman–Crippen MR) is 128 cm³/mol. The van der Waals surface area contributed by atoms with Crippen molar-refractivity contribution in [1.29, 1.82) is 0 Å². The molecule has 4 rings (SSSR count). The number of aromatic nitrogens is 3. The summed E-state index contributed by atoms with van der Waals surface area (Å²) in [5.74, 6) is 0.0837. The Labute approximate surface area is 192 Å². The van der Waals surface area contributed by atoms with E-state index in [0.717, 1.165) is 17.5 Å². The summed E-state index contributed by atoms with van der Waals surface area (Å²) in [6.45, 7) is 1.77. The lowest BCUT2D eigenvalue weighted by molar-refractivity contribution is 0.0929. The zero-order valence-electron chi connectivity index (χ0n) is 18.1. The Morgan fingerprint density at radius 2 is 1.52 bits per heavy atom. The summed E-state index contributed by atoms with van der Waals surface area (Å²) in [5.41, 5.74) is 2.63. The minimum Gasteiger partial charge on any atom is -0.343 e. The third-order valence-electron chi connectivity index (χ3n) is 4.91. The highest BCUT2D eigenvalue weighted by Gasteiger charge is 2.21. The van der Waals surface area contributed by atoms with Crippen molar-refractivity contribution in [3.8, 4) is 17.1 Å². The van der Waals surface area contributed by atoms with Crippen LogP contribution in [0.5, 0.6) is 0 Å². The summed E-state index contributed by atoms with van der Waals surface area (Å²) >= 11 is 0. The van der Waals surface area contributed by atoms with Crippen LogP contribution in [0.2, 0.25) is 0 Å². The van der Waals surface area contributed by atoms with Crippen LogP contribution in [0.4, 0.5) is 5.69 Å². The smallest absolute Gasteiger partial charge is 0.291 e. The first-order valence-corrected chi connectivity index (χ1v) is 12.2. The highest BCUT2D eigenvalue weighted by molar-refractivity contribution is 7.92. The van der Waals surface area contributed by atoms with Gasteiger partial charge in [-0.2, -0.15) is 0 Å². The van der Waals surface area contributed by atoms with E-state index in [0.29, 0.717) is 17.1 Å². The van der Waals surface area contributed by atoms with Gasteiger partial charge in [-0.05, 0) is 30.7 Å². The zero-order chi connectivity index (χ0) is 23.4. The van der Waals surface area contributed by atoms with E-state index in [1.165, 1.54) is 0 Å². The molecule has 1 aromatic heterocycles. The highest BCUT2D eigenvalue weighted by atomic mass is 32.2. The molecule has 33 heavy (non-hydrogen) atoms. The fraction of sp³-hybridized carbons (Fsp3) is 0.125. The number of hydrogen-bond donors (Lipinski definition) is 2. The molecule has 9 heteroatoms. The van der Waals surface area contributed by atoms with Crippen LogP contribution in [0.3, 0.4) is 0 Å². The first-order chi connectivity index (χ1) is 15.8. The van der Waals surface area contributed by atoms with Crippen molar-refractivity contribution in [3.63, 3.8) is 0 Å². The van der Waals surface area contributed by atoms with Crippen molar-refractivity contribution in [2.75, 3.05) is 11.0 Å². The molecule has 1 unspecified atom stereocenters. The van der Waals surface area contributed by atoms with Gasteiger partial charge < -0.3 is 5.32 Å². The molecule has 0 fully saturated rings. The topological polar surface area (TPSA) is 106 Å². The molecule has 0 saturated heterocycles. The molecule has 0 aliphatic carbocycles. The molecule has 168 valence electrons. The van der Waals surface area contributed by atoms with Crippen molar-refractivity contribution in [2.24, 2.45) is 0 Å². The van der Waals surface area contributed by atoms with E-state index in [4.69, 9.17) is 0 Å². The average Bonchev–Trinajstić information content (AvgIpc) is 3.25. The van der Waals surface area contributed by atoms with Gasteiger partial charge in [0.2, 0.25) is 15.8 Å². The summed E-state index contributed by atoms with van der Waals surface area (Å²) in [7, 11) is -3.47. The molecule has 0 saturated carbocycles. The van der Waals surface area contributed by atoms with Crippen LogP contribution in [0.1, 0.15) is 29.1 Å². The normalized spacial score (nSPS) is 12.2. The van der Waals surface area contributed by atoms with E-state index in [1.807, 2.05) is 60.7 Å². The maximum absolute atomic E-state index is 13.1. The summed E-state index contributed by atoms with van der Waals surface area (Å²) in [4.78, 5) is 17.6. The molecule has 1 heterocycles. The largest absolute Gasteiger partial charge is 0.343 e. The lowest BCUT2D eigenvalue weighted by Crippen LogP contribution is -2.28. The zero-order valence-corrected chi connectivity index (χ0v) is 19.0. The molecule has 0 aliphatic heterocycles. The van der Waals surface area contributed by atoms with Crippen LogP contribution < -0.4 is 10.0 Å². The Morgan fingerprint density at radius 1 is 0.909 bits per heavy atom. The van der Waals surface area contributed by atoms with Crippen LogP contribution in [-0.2, 0) is 10.0 Å². The van der Waals surface area contributed by atoms with Crippen molar-refractivity contribution < 1.29 is 13.2 Å². The average molecular weight is 462 g/mol. The predicted octanol–water partition coefficient (Wildman–Crippen LogP) is 3.80. The van der Waals surface area contributed by atoms with Gasteiger partial charge in [-0.15, -0.1) is 5.10 Å². The second-order valence-electron chi connectivity index (χ2n) is 7.53. The number of nitrogens with zero attached hydrogens (tertiary/aromatic N) is 3. The van der Waals surface area contributed by atoms with Gasteiger partial charge in [0.1, 0.15) is 0 Å². The van der Waals surface area contributed by atoms with Gasteiger partial charge in [0.05, 0.1) is 23.7 Å². The van der Waals surface area contributed by atoms with Crippen molar-refractivity contribution in [1.82, 2.24) is 20.1 Å². The number of rotatable bonds is 7. The monoisotopic (exact) mass is 461 g/mol. The number of sulfonamides is 1. The van der Waals surface area contributed by atoms with Crippen LogP contribution in [0.25, 0.3) is 17.1 Å². The summed E-state index contributed by atoms with van der Waals surface area (Å²) in [6.07, 6.45) is 1.08. The second-order valence-corrected chi connectivity index (χ2v) is 9.28. The number of carbonyl (C=O) groups excluding carboxylic acids is 1. The molecule has 0 aliphatic rings. The number of carbonyl (C=O) groups is 1. The van der Waals surface area contributed by atoms with Gasteiger partial charge in [-0.3, -0.25) is 9.52 Å². The molecule has 0 radical (unpaired) electrons. The minimum absolute atomic E-state index is 0.0121. The van der Waals surface area contributed by atoms with E-state index < -0.39 is 22.0 Å². The van der Waals surface area contributed by atoms with Gasteiger partial charge in [-0.1, -0.05) is 66.7 Å². The van der Waals surface area contributed by atoms with E-state index in [9.17, 15) is 13.2 Å². The fourth-order valence-electron chi connectivity index (χ4n) is 3.44. The lowest BCUT2D eigenvalue weighted by atomic mass is 10.1. The molecular formula is C24H23N5O3S. The molecule has 0 spiro atoms. The van der Waals surface area contributed by atoms with Crippen LogP contribution in [0.15, 0.2) is 84.9 Å². The van der Waals surface area contributed by atoms with Gasteiger partial charge >= 0.3 is 0 Å². The van der Waals surface area contributed by atoms with Crippen LogP contribution >= 0.6 is 0 Å². The number of para-hydroxylation sites is 2. The van der Waals surface area contributed by atoms with Gasteiger partial charge in [-0.25, -0.2) is 18.1 Å². The SMILES string of the molecule is CC(NC(=O)c1nc(-c2ccccc2)n(-c2ccccc2)n1)c1ccccc1NS(C)(=O)=O. The Hall–Kier alpha value is -3.98. The quantitative estimate of drug-likeness (QED) is 0.436. The second kappa shape index (κ2) is 9.25. The molecule has 1 atom stereocenters. The van der Waals surface area contributed by atoms with Crippen LogP contribution in [-0.4, -0.2) is 35.3 Å². The Bertz CT molecular complexity index is 1310. The van der Waals surface area contributed by atoms with Crippen molar-refractivity contribution in [2.45, 2.75) is 13.0 Å². The summed E-state index contributed by atoms with van der Waals surface area (Å²) < 4.78 is 27.5. The molecular weight excluding hydrogens is 438 g/mol. The first-order valence-electron chi connectivity index (χ1n) is 10.3. The third kappa shape index (κ3) is 5.27. The Balaban J connectivity index is 1.65. The van der Waals surface area contributed by atoms with Crippen LogP contribution in [0, 0.1) is 0 Å². The third-order valence-corrected chi connectivity index (χ3v) is 5.50. The van der Waals surface area contributed by atoms with E-state index in [1.54, 1.807) is 35.9 Å². The highest BCUT2D eigenvalue weighted by Crippen LogP contribution is 2.24. The molecule has 4 aromatic rings. The number of hydrogen-bond acceptors (Lipinski definition) is 5. The number of anilines is 1. The Kier molecular flexibility index (Phi) is 6.23.